The number of aliphatic hydroxyl groups is 1. The highest BCUT2D eigenvalue weighted by atomic mass is 16.5. The normalized spacial score (nSPS) is 19.6. The first-order valence-corrected chi connectivity index (χ1v) is 14.5. The number of likely N-dealkylation sites (N-methyl/N-ethyl adjacent to an activating group) is 1. The lowest BCUT2D eigenvalue weighted by molar-refractivity contribution is -0.152. The smallest absolute Gasteiger partial charge is 0.333 e. The Kier molecular flexibility index (Phi) is 10.8. The first-order chi connectivity index (χ1) is 20.1. The van der Waals surface area contributed by atoms with Gasteiger partial charge < -0.3 is 40.1 Å². The van der Waals surface area contributed by atoms with Gasteiger partial charge in [0, 0.05) is 62.2 Å². The second-order valence-electron chi connectivity index (χ2n) is 11.2. The van der Waals surface area contributed by atoms with Crippen molar-refractivity contribution in [2.75, 3.05) is 69.3 Å². The summed E-state index contributed by atoms with van der Waals surface area (Å²) >= 11 is 0. The van der Waals surface area contributed by atoms with Gasteiger partial charge >= 0.3 is 11.9 Å². The fraction of sp³-hybridized carbons (Fsp3) is 0.516. The van der Waals surface area contributed by atoms with Crippen LogP contribution in [0.5, 0.6) is 0 Å². The fourth-order valence-corrected chi connectivity index (χ4v) is 5.67. The molecule has 0 unspecified atom stereocenters. The SMILES string of the molecule is Cc1ccc(N2CCN(C)CC2)c2c1CC[C@@H](NC(=O)c1ccc(N3CCOCC3)cc1)C2.O=C(O)C[C@H](O)C(=O)O. The van der Waals surface area contributed by atoms with Crippen LogP contribution in [0.3, 0.4) is 0 Å². The number of aryl methyl sites for hydroxylation is 1. The van der Waals surface area contributed by atoms with E-state index >= 15 is 0 Å². The largest absolute Gasteiger partial charge is 0.481 e. The van der Waals surface area contributed by atoms with Crippen molar-refractivity contribution in [1.82, 2.24) is 10.2 Å². The molecule has 2 aromatic carbocycles. The van der Waals surface area contributed by atoms with Gasteiger partial charge in [-0.3, -0.25) is 9.59 Å². The molecule has 228 valence electrons. The summed E-state index contributed by atoms with van der Waals surface area (Å²) in [5, 5.41) is 27.5. The second-order valence-corrected chi connectivity index (χ2v) is 11.2. The lowest BCUT2D eigenvalue weighted by Gasteiger charge is -2.37. The van der Waals surface area contributed by atoms with Crippen molar-refractivity contribution in [1.29, 1.82) is 0 Å². The van der Waals surface area contributed by atoms with Crippen molar-refractivity contribution < 1.29 is 34.4 Å². The number of carbonyl (C=O) groups excluding carboxylic acids is 1. The number of benzene rings is 2. The van der Waals surface area contributed by atoms with E-state index in [0.29, 0.717) is 0 Å². The van der Waals surface area contributed by atoms with Crippen LogP contribution in [0.15, 0.2) is 36.4 Å². The number of carboxylic acids is 2. The van der Waals surface area contributed by atoms with Gasteiger partial charge in [-0.2, -0.15) is 0 Å². The van der Waals surface area contributed by atoms with Gasteiger partial charge in [0.05, 0.1) is 19.6 Å². The van der Waals surface area contributed by atoms with Crippen LogP contribution in [0, 0.1) is 6.92 Å². The van der Waals surface area contributed by atoms with Crippen molar-refractivity contribution in [2.45, 2.75) is 44.8 Å². The van der Waals surface area contributed by atoms with E-state index in [-0.39, 0.29) is 11.9 Å². The Hall–Kier alpha value is -3.67. The van der Waals surface area contributed by atoms with Crippen molar-refractivity contribution >= 4 is 29.2 Å². The molecule has 4 N–H and O–H groups in total. The minimum Gasteiger partial charge on any atom is -0.481 e. The molecule has 5 rings (SSSR count). The number of morpholine rings is 1. The molecule has 42 heavy (non-hydrogen) atoms. The van der Waals surface area contributed by atoms with E-state index in [1.54, 1.807) is 0 Å². The van der Waals surface area contributed by atoms with Crippen molar-refractivity contribution in [3.05, 3.63) is 58.7 Å². The molecule has 2 aliphatic heterocycles. The van der Waals surface area contributed by atoms with Crippen molar-refractivity contribution in [2.24, 2.45) is 0 Å². The van der Waals surface area contributed by atoms with E-state index in [1.165, 1.54) is 22.4 Å². The van der Waals surface area contributed by atoms with Crippen LogP contribution in [0.25, 0.3) is 0 Å². The molecule has 11 heteroatoms. The van der Waals surface area contributed by atoms with Gasteiger partial charge in [0.1, 0.15) is 0 Å². The predicted molar refractivity (Wildman–Crippen MR) is 160 cm³/mol. The van der Waals surface area contributed by atoms with Crippen LogP contribution < -0.4 is 15.1 Å². The number of carbonyl (C=O) groups is 3. The molecule has 0 radical (unpaired) electrons. The first kappa shape index (κ1) is 31.3. The average molecular weight is 583 g/mol. The summed E-state index contributed by atoms with van der Waals surface area (Å²) in [6.07, 6.45) is 0.398. The standard InChI is InChI=1S/C27H36N4O2.C4H6O5/c1-20-3-10-26(31-13-11-29(2)12-14-31)25-19-22(6-9-24(20)25)28-27(32)21-4-7-23(8-5-21)30-15-17-33-18-16-30;5-2(4(8)9)1-3(6)7/h3-5,7-8,10,22H,6,9,11-19H2,1-2H3,(H,28,32);2,5H,1H2,(H,6,7)(H,8,9)/t22-;2-/m10/s1. The number of amides is 1. The molecule has 2 saturated heterocycles. The Morgan fingerprint density at radius 1 is 0.929 bits per heavy atom. The van der Waals surface area contributed by atoms with Crippen molar-refractivity contribution in [3.8, 4) is 0 Å². The number of nitrogens with zero attached hydrogens (tertiary/aromatic N) is 3. The van der Waals surface area contributed by atoms with Gasteiger partial charge in [0.2, 0.25) is 0 Å². The Labute approximate surface area is 246 Å². The molecule has 0 spiro atoms. The molecule has 2 fully saturated rings. The van der Waals surface area contributed by atoms with E-state index in [9.17, 15) is 14.4 Å². The Bertz CT molecular complexity index is 1240. The number of rotatable bonds is 7. The summed E-state index contributed by atoms with van der Waals surface area (Å²) < 4.78 is 5.44. The highest BCUT2D eigenvalue weighted by Gasteiger charge is 2.27. The maximum absolute atomic E-state index is 13.0. The van der Waals surface area contributed by atoms with E-state index in [2.05, 4.69) is 58.3 Å². The molecule has 0 bridgehead atoms. The average Bonchev–Trinajstić information content (AvgIpc) is 2.98. The topological polar surface area (TPSA) is 143 Å². The van der Waals surface area contributed by atoms with Crippen molar-refractivity contribution in [3.63, 3.8) is 0 Å². The summed E-state index contributed by atoms with van der Waals surface area (Å²) in [6.45, 7) is 9.90. The number of fused-ring (bicyclic) bond motifs is 1. The maximum atomic E-state index is 13.0. The molecule has 0 aromatic heterocycles. The number of nitrogens with one attached hydrogen (secondary N) is 1. The minimum atomic E-state index is -1.79. The van der Waals surface area contributed by atoms with E-state index < -0.39 is 24.5 Å². The molecule has 3 aliphatic rings. The van der Waals surface area contributed by atoms with Gasteiger partial charge in [-0.15, -0.1) is 0 Å². The number of aliphatic carboxylic acids is 2. The van der Waals surface area contributed by atoms with E-state index in [4.69, 9.17) is 20.1 Å². The second kappa shape index (κ2) is 14.5. The number of carboxylic acid groups (broad SMARTS) is 2. The van der Waals surface area contributed by atoms with Gasteiger partial charge in [0.15, 0.2) is 6.10 Å². The third-order valence-electron chi connectivity index (χ3n) is 8.17. The lowest BCUT2D eigenvalue weighted by atomic mass is 9.84. The molecule has 2 atom stereocenters. The zero-order valence-electron chi connectivity index (χ0n) is 24.4. The third-order valence-corrected chi connectivity index (χ3v) is 8.17. The van der Waals surface area contributed by atoms with Crippen LogP contribution >= 0.6 is 0 Å². The fourth-order valence-electron chi connectivity index (χ4n) is 5.67. The Morgan fingerprint density at radius 3 is 2.19 bits per heavy atom. The summed E-state index contributed by atoms with van der Waals surface area (Å²) in [5.41, 5.74) is 7.59. The summed E-state index contributed by atoms with van der Waals surface area (Å²) in [7, 11) is 2.20. The molecule has 1 aliphatic carbocycles. The van der Waals surface area contributed by atoms with E-state index in [1.807, 2.05) is 12.1 Å². The van der Waals surface area contributed by atoms with Gasteiger partial charge in [0.25, 0.3) is 5.91 Å². The molecule has 2 aromatic rings. The summed E-state index contributed by atoms with van der Waals surface area (Å²) in [6, 6.07) is 12.8. The first-order valence-electron chi connectivity index (χ1n) is 14.5. The predicted octanol–water partition coefficient (Wildman–Crippen LogP) is 1.78. The van der Waals surface area contributed by atoms with Gasteiger partial charge in [-0.1, -0.05) is 6.07 Å². The third kappa shape index (κ3) is 8.21. The molecule has 2 heterocycles. The molecule has 1 amide bonds. The number of piperazine rings is 1. The van der Waals surface area contributed by atoms with Crippen LogP contribution in [0.1, 0.15) is 39.9 Å². The molecular formula is C31H42N4O7. The number of hydrogen-bond donors (Lipinski definition) is 4. The highest BCUT2D eigenvalue weighted by Crippen LogP contribution is 2.33. The lowest BCUT2D eigenvalue weighted by Crippen LogP contribution is -2.45. The Morgan fingerprint density at radius 2 is 1.60 bits per heavy atom. The number of ether oxygens (including phenoxy) is 1. The van der Waals surface area contributed by atoms with Crippen LogP contribution in [0.4, 0.5) is 11.4 Å². The van der Waals surface area contributed by atoms with E-state index in [0.717, 1.165) is 83.0 Å². The van der Waals surface area contributed by atoms with Crippen LogP contribution in [-0.2, 0) is 27.2 Å². The summed E-state index contributed by atoms with van der Waals surface area (Å²) in [5.74, 6) is -2.81. The zero-order chi connectivity index (χ0) is 30.2. The molecule has 11 nitrogen and oxygen atoms in total. The number of hydrogen-bond acceptors (Lipinski definition) is 8. The number of aliphatic hydroxyl groups excluding tert-OH is 1. The maximum Gasteiger partial charge on any atom is 0.333 e. The zero-order valence-corrected chi connectivity index (χ0v) is 24.4. The van der Waals surface area contributed by atoms with Crippen LogP contribution in [-0.4, -0.2) is 110 Å². The van der Waals surface area contributed by atoms with Crippen LogP contribution in [0.2, 0.25) is 0 Å². The highest BCUT2D eigenvalue weighted by molar-refractivity contribution is 5.94. The molecular weight excluding hydrogens is 540 g/mol. The van der Waals surface area contributed by atoms with Gasteiger partial charge in [-0.05, 0) is 80.3 Å². The Balaban J connectivity index is 0.000000392. The monoisotopic (exact) mass is 582 g/mol. The van der Waals surface area contributed by atoms with Gasteiger partial charge in [-0.25, -0.2) is 4.79 Å². The summed E-state index contributed by atoms with van der Waals surface area (Å²) in [4.78, 5) is 39.7. The minimum absolute atomic E-state index is 0.0331. The molecule has 0 saturated carbocycles. The quantitative estimate of drug-likeness (QED) is 0.382. The number of anilines is 2.